The summed E-state index contributed by atoms with van der Waals surface area (Å²) in [5.74, 6) is -0.797. The van der Waals surface area contributed by atoms with Gasteiger partial charge in [-0.05, 0) is 53.6 Å². The van der Waals surface area contributed by atoms with Crippen LogP contribution in [0.15, 0.2) is 60.7 Å². The molecule has 1 heterocycles. The third-order valence-electron chi connectivity index (χ3n) is 5.02. The number of carbonyl (C=O) groups excluding carboxylic acids is 2. The third kappa shape index (κ3) is 6.21. The van der Waals surface area contributed by atoms with Crippen LogP contribution >= 0.6 is 0 Å². The van der Waals surface area contributed by atoms with Gasteiger partial charge in [-0.25, -0.2) is 5.48 Å². The van der Waals surface area contributed by atoms with Gasteiger partial charge in [-0.1, -0.05) is 18.2 Å². The number of benzene rings is 2. The summed E-state index contributed by atoms with van der Waals surface area (Å²) in [5.41, 5.74) is 3.02. The first kappa shape index (κ1) is 23.1. The van der Waals surface area contributed by atoms with Gasteiger partial charge in [0.25, 0.3) is 5.91 Å². The smallest absolute Gasteiger partial charge is 0.368 e. The van der Waals surface area contributed by atoms with Crippen molar-refractivity contribution in [1.82, 2.24) is 10.4 Å². The Balaban J connectivity index is 1.55. The van der Waals surface area contributed by atoms with Crippen LogP contribution in [0.4, 0.5) is 18.9 Å². The fourth-order valence-electron chi connectivity index (χ4n) is 3.29. The average Bonchev–Trinajstić information content (AvgIpc) is 2.81. The van der Waals surface area contributed by atoms with Crippen LogP contribution in [0, 0.1) is 0 Å². The maximum absolute atomic E-state index is 12.7. The van der Waals surface area contributed by atoms with E-state index in [9.17, 15) is 22.8 Å². The molecule has 0 radical (unpaired) electrons. The molecule has 32 heavy (non-hydrogen) atoms. The molecule has 0 aliphatic carbocycles. The summed E-state index contributed by atoms with van der Waals surface area (Å²) in [6, 6.07) is 12.2. The number of piperazine rings is 1. The van der Waals surface area contributed by atoms with E-state index in [1.54, 1.807) is 29.2 Å². The van der Waals surface area contributed by atoms with Crippen LogP contribution in [0.3, 0.4) is 0 Å². The standard InChI is InChI=1S/C23H22F3N3O3/c24-23(25,26)19-6-8-20(9-7-19)28-12-14-29(15-13-28)22(31)11-5-18-3-1-2-17(16-18)4-10-21(30)27-32/h1-11,16,32H,12-15H2,(H,27,30). The van der Waals surface area contributed by atoms with E-state index in [2.05, 4.69) is 0 Å². The number of anilines is 1. The van der Waals surface area contributed by atoms with Crippen LogP contribution in [-0.4, -0.2) is 48.1 Å². The van der Waals surface area contributed by atoms with Gasteiger partial charge in [0, 0.05) is 44.0 Å². The van der Waals surface area contributed by atoms with Crippen LogP contribution in [0.5, 0.6) is 0 Å². The van der Waals surface area contributed by atoms with Gasteiger partial charge in [-0.15, -0.1) is 0 Å². The number of nitrogens with zero attached hydrogens (tertiary/aromatic N) is 2. The zero-order valence-electron chi connectivity index (χ0n) is 17.0. The van der Waals surface area contributed by atoms with E-state index < -0.39 is 17.6 Å². The number of hydroxylamine groups is 1. The van der Waals surface area contributed by atoms with E-state index in [4.69, 9.17) is 5.21 Å². The molecular weight excluding hydrogens is 423 g/mol. The van der Waals surface area contributed by atoms with Crippen molar-refractivity contribution in [1.29, 1.82) is 0 Å². The lowest BCUT2D eigenvalue weighted by Gasteiger charge is -2.35. The van der Waals surface area contributed by atoms with Crippen molar-refractivity contribution in [2.45, 2.75) is 6.18 Å². The SMILES string of the molecule is O=C(C=Cc1cccc(C=CC(=O)N2CCN(c3ccc(C(F)(F)F)cc3)CC2)c1)NO. The van der Waals surface area contributed by atoms with Crippen molar-refractivity contribution < 1.29 is 28.0 Å². The molecule has 2 aromatic carbocycles. The molecule has 0 saturated carbocycles. The molecule has 9 heteroatoms. The van der Waals surface area contributed by atoms with Crippen molar-refractivity contribution in [3.05, 3.63) is 77.4 Å². The Morgan fingerprint density at radius 3 is 2.06 bits per heavy atom. The fourth-order valence-corrected chi connectivity index (χ4v) is 3.29. The molecule has 0 aromatic heterocycles. The molecular formula is C23H22F3N3O3. The zero-order valence-corrected chi connectivity index (χ0v) is 17.0. The molecule has 1 aliphatic heterocycles. The Morgan fingerprint density at radius 2 is 1.50 bits per heavy atom. The van der Waals surface area contributed by atoms with Gasteiger partial charge < -0.3 is 9.80 Å². The predicted molar refractivity (Wildman–Crippen MR) is 115 cm³/mol. The molecule has 6 nitrogen and oxygen atoms in total. The van der Waals surface area contributed by atoms with Crippen LogP contribution < -0.4 is 10.4 Å². The van der Waals surface area contributed by atoms with E-state index in [1.807, 2.05) is 11.0 Å². The van der Waals surface area contributed by atoms with Gasteiger partial charge in [0.1, 0.15) is 0 Å². The number of hydrogen-bond acceptors (Lipinski definition) is 4. The lowest BCUT2D eigenvalue weighted by Crippen LogP contribution is -2.48. The first-order valence-corrected chi connectivity index (χ1v) is 9.88. The minimum absolute atomic E-state index is 0.155. The number of alkyl halides is 3. The van der Waals surface area contributed by atoms with Crippen LogP contribution in [0.25, 0.3) is 12.2 Å². The second-order valence-corrected chi connectivity index (χ2v) is 7.17. The molecule has 0 bridgehead atoms. The summed E-state index contributed by atoms with van der Waals surface area (Å²) >= 11 is 0. The Morgan fingerprint density at radius 1 is 0.906 bits per heavy atom. The Labute approximate surface area is 183 Å². The molecule has 0 unspecified atom stereocenters. The predicted octanol–water partition coefficient (Wildman–Crippen LogP) is 3.59. The first-order chi connectivity index (χ1) is 15.3. The zero-order chi connectivity index (χ0) is 23.1. The Kier molecular flexibility index (Phi) is 7.32. The molecule has 1 aliphatic rings. The highest BCUT2D eigenvalue weighted by molar-refractivity contribution is 5.92. The number of nitrogens with one attached hydrogen (secondary N) is 1. The minimum atomic E-state index is -4.36. The number of halogens is 3. The molecule has 0 atom stereocenters. The maximum Gasteiger partial charge on any atom is 0.416 e. The van der Waals surface area contributed by atoms with Gasteiger partial charge in [-0.2, -0.15) is 13.2 Å². The van der Waals surface area contributed by atoms with Gasteiger partial charge in [0.05, 0.1) is 5.56 Å². The summed E-state index contributed by atoms with van der Waals surface area (Å²) in [5, 5.41) is 8.51. The highest BCUT2D eigenvalue weighted by Crippen LogP contribution is 2.30. The van der Waals surface area contributed by atoms with E-state index in [0.717, 1.165) is 23.3 Å². The monoisotopic (exact) mass is 445 g/mol. The molecule has 1 saturated heterocycles. The van der Waals surface area contributed by atoms with Crippen LogP contribution in [-0.2, 0) is 15.8 Å². The molecule has 168 valence electrons. The number of carbonyl (C=O) groups is 2. The quantitative estimate of drug-likeness (QED) is 0.419. The third-order valence-corrected chi connectivity index (χ3v) is 5.02. The van der Waals surface area contributed by atoms with Gasteiger partial charge >= 0.3 is 6.18 Å². The van der Waals surface area contributed by atoms with Gasteiger partial charge in [-0.3, -0.25) is 14.8 Å². The summed E-state index contributed by atoms with van der Waals surface area (Å²) in [4.78, 5) is 27.2. The van der Waals surface area contributed by atoms with E-state index in [-0.39, 0.29) is 5.91 Å². The Bertz CT molecular complexity index is 1010. The molecule has 2 amide bonds. The number of hydrogen-bond donors (Lipinski definition) is 2. The number of rotatable bonds is 5. The highest BCUT2D eigenvalue weighted by atomic mass is 19.4. The minimum Gasteiger partial charge on any atom is -0.368 e. The second kappa shape index (κ2) is 10.1. The van der Waals surface area contributed by atoms with Crippen LogP contribution in [0.1, 0.15) is 16.7 Å². The topological polar surface area (TPSA) is 72.9 Å². The normalized spacial score (nSPS) is 14.9. The lowest BCUT2D eigenvalue weighted by molar-refractivity contribution is -0.137. The Hall–Kier alpha value is -3.59. The largest absolute Gasteiger partial charge is 0.416 e. The summed E-state index contributed by atoms with van der Waals surface area (Å²) in [7, 11) is 0. The first-order valence-electron chi connectivity index (χ1n) is 9.88. The average molecular weight is 445 g/mol. The lowest BCUT2D eigenvalue weighted by atomic mass is 10.1. The summed E-state index contributed by atoms with van der Waals surface area (Å²) in [6.45, 7) is 1.97. The van der Waals surface area contributed by atoms with Crippen molar-refractivity contribution in [3.63, 3.8) is 0 Å². The molecule has 0 spiro atoms. The van der Waals surface area contributed by atoms with Gasteiger partial charge in [0.15, 0.2) is 0 Å². The van der Waals surface area contributed by atoms with Crippen molar-refractivity contribution in [2.75, 3.05) is 31.1 Å². The number of amides is 2. The second-order valence-electron chi connectivity index (χ2n) is 7.17. The maximum atomic E-state index is 12.7. The van der Waals surface area contributed by atoms with Crippen molar-refractivity contribution >= 4 is 29.7 Å². The summed E-state index contributed by atoms with van der Waals surface area (Å²) < 4.78 is 38.1. The molecule has 2 aromatic rings. The van der Waals surface area contributed by atoms with Crippen LogP contribution in [0.2, 0.25) is 0 Å². The van der Waals surface area contributed by atoms with Crippen molar-refractivity contribution in [2.24, 2.45) is 0 Å². The van der Waals surface area contributed by atoms with Crippen molar-refractivity contribution in [3.8, 4) is 0 Å². The van der Waals surface area contributed by atoms with E-state index >= 15 is 0 Å². The molecule has 3 rings (SSSR count). The molecule has 2 N–H and O–H groups in total. The fraction of sp³-hybridized carbons (Fsp3) is 0.217. The molecule has 1 fully saturated rings. The highest BCUT2D eigenvalue weighted by Gasteiger charge is 2.30. The summed E-state index contributed by atoms with van der Waals surface area (Å²) in [6.07, 6.45) is 1.50. The van der Waals surface area contributed by atoms with E-state index in [0.29, 0.717) is 31.9 Å². The van der Waals surface area contributed by atoms with E-state index in [1.165, 1.54) is 35.8 Å². The van der Waals surface area contributed by atoms with Gasteiger partial charge in [0.2, 0.25) is 5.91 Å².